The van der Waals surface area contributed by atoms with Crippen LogP contribution in [0.25, 0.3) is 55.4 Å². The first-order valence-corrected chi connectivity index (χ1v) is 9.48. The first-order chi connectivity index (χ1) is 14.9. The van der Waals surface area contributed by atoms with Crippen LogP contribution in [0, 0.1) is 0 Å². The van der Waals surface area contributed by atoms with Gasteiger partial charge >= 0.3 is 0 Å². The van der Waals surface area contributed by atoms with Crippen LogP contribution in [0.1, 0.15) is 0 Å². The molecule has 7 heteroatoms. The molecule has 5 aromatic heterocycles. The maximum Gasteiger partial charge on any atom is 0.116 e. The monoisotopic (exact) mass is 389 g/mol. The average Bonchev–Trinajstić information content (AvgIpc) is 3.43. The number of rotatable bonds is 3. The highest BCUT2D eigenvalue weighted by Crippen LogP contribution is 2.34. The number of pyridine rings is 2. The second-order valence-electron chi connectivity index (χ2n) is 7.03. The summed E-state index contributed by atoms with van der Waals surface area (Å²) in [4.78, 5) is 20.4. The normalized spacial score (nSPS) is 11.3. The summed E-state index contributed by atoms with van der Waals surface area (Å²) in [5, 5.41) is 9.81. The Morgan fingerprint density at radius 2 is 1.57 bits per heavy atom. The number of aromatic nitrogens is 7. The van der Waals surface area contributed by atoms with Crippen molar-refractivity contribution < 1.29 is 0 Å². The fourth-order valence-corrected chi connectivity index (χ4v) is 3.78. The molecule has 0 saturated heterocycles. The van der Waals surface area contributed by atoms with Gasteiger partial charge in [-0.15, -0.1) is 0 Å². The van der Waals surface area contributed by atoms with Gasteiger partial charge in [-0.2, -0.15) is 5.10 Å². The van der Waals surface area contributed by atoms with E-state index >= 15 is 0 Å². The molecule has 0 bridgehead atoms. The summed E-state index contributed by atoms with van der Waals surface area (Å²) >= 11 is 0. The van der Waals surface area contributed by atoms with Gasteiger partial charge in [0.2, 0.25) is 0 Å². The molecule has 0 unspecified atom stereocenters. The van der Waals surface area contributed by atoms with Gasteiger partial charge in [-0.1, -0.05) is 12.1 Å². The molecule has 0 spiro atoms. The molecule has 6 rings (SSSR count). The quantitative estimate of drug-likeness (QED) is 0.460. The topological polar surface area (TPSA) is 96.0 Å². The second kappa shape index (κ2) is 6.59. The van der Waals surface area contributed by atoms with Crippen molar-refractivity contribution in [3.05, 3.63) is 79.9 Å². The Bertz CT molecular complexity index is 1480. The minimum absolute atomic E-state index is 0.858. The van der Waals surface area contributed by atoms with Crippen LogP contribution in [0.5, 0.6) is 0 Å². The van der Waals surface area contributed by atoms with Crippen LogP contribution < -0.4 is 0 Å². The lowest BCUT2D eigenvalue weighted by Gasteiger charge is -2.01. The Morgan fingerprint density at radius 1 is 0.667 bits per heavy atom. The third-order valence-electron chi connectivity index (χ3n) is 5.23. The van der Waals surface area contributed by atoms with E-state index in [1.807, 2.05) is 55.2 Å². The zero-order valence-electron chi connectivity index (χ0n) is 15.7. The minimum atomic E-state index is 0.858. The van der Waals surface area contributed by atoms with Crippen LogP contribution in [-0.4, -0.2) is 35.1 Å². The fourth-order valence-electron chi connectivity index (χ4n) is 3.78. The molecular weight excluding hydrogens is 374 g/mol. The van der Waals surface area contributed by atoms with Gasteiger partial charge in [0, 0.05) is 58.4 Å². The number of aromatic amines is 2. The molecule has 0 amide bonds. The Hall–Kier alpha value is -4.39. The molecule has 30 heavy (non-hydrogen) atoms. The number of fused-ring (bicyclic) bond motifs is 2. The molecule has 2 N–H and O–H groups in total. The molecule has 142 valence electrons. The zero-order valence-corrected chi connectivity index (χ0v) is 15.7. The van der Waals surface area contributed by atoms with E-state index in [-0.39, 0.29) is 0 Å². The molecule has 1 aromatic carbocycles. The summed E-state index contributed by atoms with van der Waals surface area (Å²) in [6.07, 6.45) is 12.5. The Labute approximate surface area is 170 Å². The predicted molar refractivity (Wildman–Crippen MR) is 115 cm³/mol. The minimum Gasteiger partial charge on any atom is -0.352 e. The number of nitrogens with zero attached hydrogens (tertiary/aromatic N) is 5. The molecular formula is C23H15N7. The van der Waals surface area contributed by atoms with E-state index in [4.69, 9.17) is 0 Å². The van der Waals surface area contributed by atoms with Crippen LogP contribution in [0.3, 0.4) is 0 Å². The molecule has 5 heterocycles. The van der Waals surface area contributed by atoms with Gasteiger partial charge in [-0.05, 0) is 29.8 Å². The van der Waals surface area contributed by atoms with E-state index < -0.39 is 0 Å². The van der Waals surface area contributed by atoms with Crippen LogP contribution in [0.15, 0.2) is 79.9 Å². The molecule has 6 aromatic rings. The highest BCUT2D eigenvalue weighted by molar-refractivity contribution is 6.01. The van der Waals surface area contributed by atoms with Crippen molar-refractivity contribution in [2.45, 2.75) is 0 Å². The predicted octanol–water partition coefficient (Wildman–Crippen LogP) is 4.63. The lowest BCUT2D eigenvalue weighted by atomic mass is 10.0. The smallest absolute Gasteiger partial charge is 0.116 e. The maximum absolute atomic E-state index is 4.58. The van der Waals surface area contributed by atoms with E-state index in [0.29, 0.717) is 0 Å². The Balaban J connectivity index is 1.52. The first kappa shape index (κ1) is 16.6. The van der Waals surface area contributed by atoms with E-state index in [2.05, 4.69) is 47.2 Å². The van der Waals surface area contributed by atoms with E-state index in [9.17, 15) is 0 Å². The Kier molecular flexibility index (Phi) is 3.64. The lowest BCUT2D eigenvalue weighted by Crippen LogP contribution is -1.83. The molecule has 0 fully saturated rings. The summed E-state index contributed by atoms with van der Waals surface area (Å²) in [5.41, 5.74) is 7.77. The van der Waals surface area contributed by atoms with Gasteiger partial charge in [-0.25, -0.2) is 9.97 Å². The lowest BCUT2D eigenvalue weighted by molar-refractivity contribution is 1.12. The summed E-state index contributed by atoms with van der Waals surface area (Å²) in [7, 11) is 0. The highest BCUT2D eigenvalue weighted by atomic mass is 15.1. The van der Waals surface area contributed by atoms with Crippen LogP contribution in [0.2, 0.25) is 0 Å². The van der Waals surface area contributed by atoms with E-state index in [0.717, 1.165) is 55.4 Å². The molecule has 0 radical (unpaired) electrons. The summed E-state index contributed by atoms with van der Waals surface area (Å²) in [6.45, 7) is 0. The van der Waals surface area contributed by atoms with Crippen molar-refractivity contribution in [3.8, 4) is 33.6 Å². The van der Waals surface area contributed by atoms with Crippen molar-refractivity contribution in [1.29, 1.82) is 0 Å². The third-order valence-corrected chi connectivity index (χ3v) is 5.23. The molecule has 7 nitrogen and oxygen atoms in total. The van der Waals surface area contributed by atoms with Crippen LogP contribution >= 0.6 is 0 Å². The number of benzene rings is 1. The first-order valence-electron chi connectivity index (χ1n) is 9.48. The van der Waals surface area contributed by atoms with E-state index in [1.54, 1.807) is 6.20 Å². The highest BCUT2D eigenvalue weighted by Gasteiger charge is 2.14. The second-order valence-corrected chi connectivity index (χ2v) is 7.03. The number of H-pyrrole nitrogens is 2. The van der Waals surface area contributed by atoms with Crippen LogP contribution in [-0.2, 0) is 0 Å². The SMILES string of the molecule is c1cncc(-c2cncc3[nH]c(-c4n[nH]c5ccc(-c6cncnc6)cc45)cc23)c1. The number of hydrogen-bond acceptors (Lipinski definition) is 5. The molecule has 0 aliphatic rings. The fraction of sp³-hybridized carbons (Fsp3) is 0. The Morgan fingerprint density at radius 3 is 2.43 bits per heavy atom. The van der Waals surface area contributed by atoms with Gasteiger partial charge in [0.25, 0.3) is 0 Å². The number of hydrogen-bond donors (Lipinski definition) is 2. The van der Waals surface area contributed by atoms with Gasteiger partial charge in [0.1, 0.15) is 12.0 Å². The maximum atomic E-state index is 4.58. The van der Waals surface area contributed by atoms with Gasteiger partial charge in [-0.3, -0.25) is 15.1 Å². The van der Waals surface area contributed by atoms with E-state index in [1.165, 1.54) is 6.33 Å². The molecule has 0 atom stereocenters. The third kappa shape index (κ3) is 2.64. The van der Waals surface area contributed by atoms with Crippen molar-refractivity contribution >= 4 is 21.8 Å². The standard InChI is InChI=1S/C23H15N7/c1-2-15(8-24-5-1)19-11-25-12-22-17(19)7-21(28-22)23-18-6-14(3-4-20(18)29-30-23)16-9-26-13-27-10-16/h1-13,28H,(H,29,30). The van der Waals surface area contributed by atoms with Gasteiger partial charge in [0.05, 0.1) is 22.9 Å². The summed E-state index contributed by atoms with van der Waals surface area (Å²) in [5.74, 6) is 0. The zero-order chi connectivity index (χ0) is 19.9. The van der Waals surface area contributed by atoms with Crippen LogP contribution in [0.4, 0.5) is 0 Å². The molecule has 0 saturated carbocycles. The summed E-state index contributed by atoms with van der Waals surface area (Å²) < 4.78 is 0. The van der Waals surface area contributed by atoms with Gasteiger partial charge < -0.3 is 4.98 Å². The number of nitrogens with one attached hydrogen (secondary N) is 2. The van der Waals surface area contributed by atoms with Crippen molar-refractivity contribution in [3.63, 3.8) is 0 Å². The van der Waals surface area contributed by atoms with Crippen molar-refractivity contribution in [2.75, 3.05) is 0 Å². The van der Waals surface area contributed by atoms with Crippen molar-refractivity contribution in [1.82, 2.24) is 35.1 Å². The summed E-state index contributed by atoms with van der Waals surface area (Å²) in [6, 6.07) is 12.3. The van der Waals surface area contributed by atoms with Crippen molar-refractivity contribution in [2.24, 2.45) is 0 Å². The molecule has 0 aliphatic heterocycles. The molecule has 0 aliphatic carbocycles. The largest absolute Gasteiger partial charge is 0.352 e. The average molecular weight is 389 g/mol. The van der Waals surface area contributed by atoms with Gasteiger partial charge in [0.15, 0.2) is 0 Å².